The lowest BCUT2D eigenvalue weighted by molar-refractivity contribution is -0.378. The first-order valence-electron chi connectivity index (χ1n) is 8.11. The van der Waals surface area contributed by atoms with Crippen LogP contribution in [0.1, 0.15) is 26.2 Å². The fourth-order valence-electron chi connectivity index (χ4n) is 2.77. The van der Waals surface area contributed by atoms with Crippen LogP contribution < -0.4 is 10.4 Å². The smallest absolute Gasteiger partial charge is 0.212 e. The van der Waals surface area contributed by atoms with Crippen LogP contribution in [0.15, 0.2) is 0 Å². The van der Waals surface area contributed by atoms with Crippen LogP contribution in [-0.4, -0.2) is 93.5 Å². The summed E-state index contributed by atoms with van der Waals surface area (Å²) in [5, 5.41) is 63.1. The molecule has 1 fully saturated rings. The minimum absolute atomic E-state index is 0.000170. The van der Waals surface area contributed by atoms with Gasteiger partial charge in [-0.2, -0.15) is 0 Å². The van der Waals surface area contributed by atoms with Gasteiger partial charge in [0.1, 0.15) is 36.3 Å². The molecule has 0 spiro atoms. The van der Waals surface area contributed by atoms with Crippen LogP contribution >= 0.6 is 0 Å². The summed E-state index contributed by atoms with van der Waals surface area (Å²) < 4.78 is 10.1. The van der Waals surface area contributed by atoms with Crippen molar-refractivity contribution in [3.05, 3.63) is 0 Å². The van der Waals surface area contributed by atoms with Crippen LogP contribution in [0.2, 0.25) is 0 Å². The SMILES string of the molecule is CO[C@]1(C(=O)[O-])C[C@@H](O)[C@@H](NC(O)CCC(C)=O)C([C@H](O)[C@H](O)CO)O1. The van der Waals surface area contributed by atoms with Crippen molar-refractivity contribution in [3.63, 3.8) is 0 Å². The first kappa shape index (κ1) is 22.9. The number of carbonyl (C=O) groups excluding carboxylic acids is 2. The quantitative estimate of drug-likeness (QED) is 0.201. The highest BCUT2D eigenvalue weighted by Gasteiger charge is 2.51. The summed E-state index contributed by atoms with van der Waals surface area (Å²) in [6.07, 6.45) is -8.40. The molecule has 1 aliphatic heterocycles. The van der Waals surface area contributed by atoms with Crippen LogP contribution in [0.5, 0.6) is 0 Å². The molecule has 7 atom stereocenters. The number of hydrogen-bond donors (Lipinski definition) is 6. The Bertz CT molecular complexity index is 489. The minimum atomic E-state index is -2.39. The number of carboxylic acids is 1. The van der Waals surface area contributed by atoms with E-state index in [0.29, 0.717) is 0 Å². The van der Waals surface area contributed by atoms with E-state index in [0.717, 1.165) is 7.11 Å². The molecule has 1 heterocycles. The van der Waals surface area contributed by atoms with Crippen LogP contribution in [0.3, 0.4) is 0 Å². The number of rotatable bonds is 10. The van der Waals surface area contributed by atoms with E-state index >= 15 is 0 Å². The van der Waals surface area contributed by atoms with Crippen molar-refractivity contribution in [2.24, 2.45) is 0 Å². The van der Waals surface area contributed by atoms with Gasteiger partial charge in [-0.05, 0) is 13.3 Å². The van der Waals surface area contributed by atoms with Gasteiger partial charge in [0.25, 0.3) is 0 Å². The van der Waals surface area contributed by atoms with Crippen molar-refractivity contribution >= 4 is 11.8 Å². The molecule has 0 radical (unpaired) electrons. The summed E-state index contributed by atoms with van der Waals surface area (Å²) in [4.78, 5) is 22.4. The van der Waals surface area contributed by atoms with Gasteiger partial charge in [0, 0.05) is 20.0 Å². The van der Waals surface area contributed by atoms with Crippen molar-refractivity contribution in [1.29, 1.82) is 0 Å². The van der Waals surface area contributed by atoms with Gasteiger partial charge in [-0.15, -0.1) is 0 Å². The van der Waals surface area contributed by atoms with Gasteiger partial charge >= 0.3 is 0 Å². The number of aliphatic hydroxyl groups is 5. The molecule has 2 unspecified atom stereocenters. The zero-order valence-corrected chi connectivity index (χ0v) is 14.6. The van der Waals surface area contributed by atoms with Gasteiger partial charge in [0.15, 0.2) is 0 Å². The van der Waals surface area contributed by atoms with E-state index in [9.17, 15) is 35.1 Å². The monoisotopic (exact) mass is 380 g/mol. The van der Waals surface area contributed by atoms with Crippen molar-refractivity contribution < 1.29 is 49.7 Å². The molecule has 0 aromatic heterocycles. The number of Topliss-reactive ketones (excluding diaryl/α,β-unsaturated/α-hetero) is 1. The summed E-state index contributed by atoms with van der Waals surface area (Å²) in [6.45, 7) is 0.476. The summed E-state index contributed by atoms with van der Waals surface area (Å²) >= 11 is 0. The zero-order valence-electron chi connectivity index (χ0n) is 14.6. The number of nitrogens with one attached hydrogen (secondary N) is 1. The standard InChI is InChI=1S/C15H27NO10/c1-7(18)3-4-10(21)16-11-8(19)5-15(25-2,14(23)24)26-13(11)12(22)9(20)6-17/h8-13,16-17,19-22H,3-6H2,1-2H3,(H,23,24)/p-1/t8-,9-,10?,11-,12-,13?,15-/m1/s1. The second kappa shape index (κ2) is 9.67. The predicted octanol–water partition coefficient (Wildman–Crippen LogP) is -4.41. The van der Waals surface area contributed by atoms with Crippen molar-refractivity contribution in [1.82, 2.24) is 5.32 Å². The van der Waals surface area contributed by atoms with Gasteiger partial charge in [-0.3, -0.25) is 5.32 Å². The third-order valence-corrected chi connectivity index (χ3v) is 4.29. The Morgan fingerprint density at radius 1 is 1.38 bits per heavy atom. The van der Waals surface area contributed by atoms with E-state index in [1.54, 1.807) is 0 Å². The molecule has 0 saturated carbocycles. The van der Waals surface area contributed by atoms with E-state index in [-0.39, 0.29) is 18.6 Å². The Kier molecular flexibility index (Phi) is 8.50. The highest BCUT2D eigenvalue weighted by Crippen LogP contribution is 2.32. The maximum Gasteiger partial charge on any atom is 0.212 e. The topological polar surface area (TPSA) is 189 Å². The summed E-state index contributed by atoms with van der Waals surface area (Å²) in [6, 6.07) is -1.23. The molecule has 0 amide bonds. The average molecular weight is 380 g/mol. The normalized spacial score (nSPS) is 32.7. The van der Waals surface area contributed by atoms with Gasteiger partial charge in [-0.25, -0.2) is 0 Å². The van der Waals surface area contributed by atoms with Gasteiger partial charge in [0.2, 0.25) is 5.79 Å². The second-order valence-electron chi connectivity index (χ2n) is 6.29. The second-order valence-corrected chi connectivity index (χ2v) is 6.29. The number of carboxylic acid groups (broad SMARTS) is 1. The van der Waals surface area contributed by atoms with Gasteiger partial charge in [-0.1, -0.05) is 0 Å². The average Bonchev–Trinajstić information content (AvgIpc) is 2.59. The van der Waals surface area contributed by atoms with E-state index < -0.39 is 61.5 Å². The molecular formula is C15H26NO10-. The number of ether oxygens (including phenoxy) is 2. The molecule has 1 aliphatic rings. The number of methoxy groups -OCH3 is 1. The molecule has 1 saturated heterocycles. The largest absolute Gasteiger partial charge is 0.544 e. The first-order chi connectivity index (χ1) is 12.1. The summed E-state index contributed by atoms with van der Waals surface area (Å²) in [5.41, 5.74) is 0. The number of ketones is 1. The van der Waals surface area contributed by atoms with E-state index in [4.69, 9.17) is 14.6 Å². The molecule has 0 aromatic carbocycles. The molecular weight excluding hydrogens is 354 g/mol. The highest BCUT2D eigenvalue weighted by molar-refractivity contribution is 5.75. The van der Waals surface area contributed by atoms with E-state index in [1.165, 1.54) is 6.92 Å². The Hall–Kier alpha value is -1.18. The number of carbonyl (C=O) groups is 2. The summed E-state index contributed by atoms with van der Waals surface area (Å²) in [7, 11) is 1.00. The van der Waals surface area contributed by atoms with Crippen molar-refractivity contribution in [3.8, 4) is 0 Å². The lowest BCUT2D eigenvalue weighted by atomic mass is 9.88. The molecule has 152 valence electrons. The maximum atomic E-state index is 11.4. The molecule has 11 nitrogen and oxygen atoms in total. The summed E-state index contributed by atoms with van der Waals surface area (Å²) in [5.74, 6) is -4.36. The highest BCUT2D eigenvalue weighted by atomic mass is 16.7. The lowest BCUT2D eigenvalue weighted by Crippen LogP contribution is -2.69. The number of aliphatic carboxylic acids is 1. The van der Waals surface area contributed by atoms with Crippen LogP contribution in [0, 0.1) is 0 Å². The Labute approximate surface area is 150 Å². The Morgan fingerprint density at radius 2 is 2.00 bits per heavy atom. The van der Waals surface area contributed by atoms with Crippen LogP contribution in [0.4, 0.5) is 0 Å². The van der Waals surface area contributed by atoms with Crippen LogP contribution in [-0.2, 0) is 19.1 Å². The first-order valence-corrected chi connectivity index (χ1v) is 8.11. The molecule has 26 heavy (non-hydrogen) atoms. The predicted molar refractivity (Wildman–Crippen MR) is 82.2 cm³/mol. The van der Waals surface area contributed by atoms with E-state index in [1.807, 2.05) is 0 Å². The maximum absolute atomic E-state index is 11.4. The van der Waals surface area contributed by atoms with Crippen molar-refractivity contribution in [2.75, 3.05) is 13.7 Å². The zero-order chi connectivity index (χ0) is 20.1. The molecule has 1 rings (SSSR count). The lowest BCUT2D eigenvalue weighted by Gasteiger charge is -2.49. The number of hydrogen-bond acceptors (Lipinski definition) is 11. The molecule has 0 bridgehead atoms. The molecule has 0 aromatic rings. The third kappa shape index (κ3) is 5.41. The molecule has 11 heteroatoms. The van der Waals surface area contributed by atoms with Crippen molar-refractivity contribution in [2.45, 2.75) is 68.7 Å². The van der Waals surface area contributed by atoms with Gasteiger partial charge < -0.3 is 49.7 Å². The number of aliphatic hydroxyl groups excluding tert-OH is 5. The van der Waals surface area contributed by atoms with Crippen LogP contribution in [0.25, 0.3) is 0 Å². The fourth-order valence-corrected chi connectivity index (χ4v) is 2.77. The third-order valence-electron chi connectivity index (χ3n) is 4.29. The molecule has 6 N–H and O–H groups in total. The van der Waals surface area contributed by atoms with Gasteiger partial charge in [0.05, 0.1) is 18.8 Å². The Morgan fingerprint density at radius 3 is 2.46 bits per heavy atom. The minimum Gasteiger partial charge on any atom is -0.544 e. The fraction of sp³-hybridized carbons (Fsp3) is 0.867. The van der Waals surface area contributed by atoms with E-state index in [2.05, 4.69) is 5.32 Å². The Balaban J connectivity index is 3.04. The molecule has 0 aliphatic carbocycles.